The Hall–Kier alpha value is -1.70. The van der Waals surface area contributed by atoms with Crippen LogP contribution in [0.4, 0.5) is 0 Å². The molecule has 1 aliphatic rings. The Kier molecular flexibility index (Phi) is 3.59. The van der Waals surface area contributed by atoms with Crippen molar-refractivity contribution in [2.45, 2.75) is 38.9 Å². The van der Waals surface area contributed by atoms with Gasteiger partial charge in [-0.25, -0.2) is 9.97 Å². The summed E-state index contributed by atoms with van der Waals surface area (Å²) in [6.07, 6.45) is 7.36. The first-order valence-corrected chi connectivity index (χ1v) is 7.38. The molecule has 1 saturated heterocycles. The first kappa shape index (κ1) is 15.2. The van der Waals surface area contributed by atoms with Crippen molar-refractivity contribution in [3.63, 3.8) is 0 Å². The lowest BCUT2D eigenvalue weighted by atomic mass is 9.77. The highest BCUT2D eigenvalue weighted by molar-refractivity contribution is 6.55. The van der Waals surface area contributed by atoms with Crippen LogP contribution < -0.4 is 5.73 Å². The topological polar surface area (TPSA) is 74.7 Å². The van der Waals surface area contributed by atoms with Crippen molar-refractivity contribution in [3.8, 4) is 0 Å². The lowest BCUT2D eigenvalue weighted by Crippen LogP contribution is -2.41. The van der Waals surface area contributed by atoms with Gasteiger partial charge in [-0.1, -0.05) is 0 Å². The second-order valence-electron chi connectivity index (χ2n) is 6.48. The summed E-state index contributed by atoms with van der Waals surface area (Å²) in [6, 6.07) is 1.86. The molecule has 1 fully saturated rings. The quantitative estimate of drug-likeness (QED) is 0.873. The van der Waals surface area contributed by atoms with Gasteiger partial charge in [-0.3, -0.25) is 4.40 Å². The molecule has 0 bridgehead atoms. The predicted octanol–water partition coefficient (Wildman–Crippen LogP) is 1.70. The predicted molar refractivity (Wildman–Crippen MR) is 86.1 cm³/mol. The molecule has 3 heterocycles. The average Bonchev–Trinajstić information content (AvgIpc) is 2.95. The lowest BCUT2D eigenvalue weighted by molar-refractivity contribution is 0.00578. The van der Waals surface area contributed by atoms with Crippen LogP contribution in [-0.2, 0) is 9.31 Å². The van der Waals surface area contributed by atoms with Crippen molar-refractivity contribution in [2.24, 2.45) is 5.73 Å². The fourth-order valence-electron chi connectivity index (χ4n) is 2.36. The molecule has 6 nitrogen and oxygen atoms in total. The van der Waals surface area contributed by atoms with Crippen LogP contribution in [0.2, 0.25) is 0 Å². The third kappa shape index (κ3) is 2.45. The molecule has 3 rings (SSSR count). The molecule has 22 heavy (non-hydrogen) atoms. The van der Waals surface area contributed by atoms with Gasteiger partial charge in [0.15, 0.2) is 0 Å². The van der Waals surface area contributed by atoms with Gasteiger partial charge < -0.3 is 15.0 Å². The minimum atomic E-state index is -0.447. The Bertz CT molecular complexity index is 707. The van der Waals surface area contributed by atoms with E-state index in [0.717, 1.165) is 11.2 Å². The summed E-state index contributed by atoms with van der Waals surface area (Å²) in [5.74, 6) is 0.652. The van der Waals surface area contributed by atoms with Gasteiger partial charge in [0.05, 0.1) is 23.1 Å². The highest BCUT2D eigenvalue weighted by Crippen LogP contribution is 2.38. The van der Waals surface area contributed by atoms with E-state index in [1.54, 1.807) is 12.4 Å². The molecule has 0 aliphatic carbocycles. The average molecular weight is 300 g/mol. The zero-order valence-electron chi connectivity index (χ0n) is 13.4. The van der Waals surface area contributed by atoms with Gasteiger partial charge in [0.25, 0.3) is 0 Å². The van der Waals surface area contributed by atoms with Crippen LogP contribution in [0.15, 0.2) is 30.1 Å². The van der Waals surface area contributed by atoms with Crippen LogP contribution >= 0.6 is 0 Å². The monoisotopic (exact) mass is 300 g/mol. The Morgan fingerprint density at radius 1 is 1.27 bits per heavy atom. The second-order valence-corrected chi connectivity index (χ2v) is 6.48. The number of imidazole rings is 1. The third-order valence-electron chi connectivity index (χ3n) is 4.44. The lowest BCUT2D eigenvalue weighted by Gasteiger charge is -2.32. The first-order valence-electron chi connectivity index (χ1n) is 7.38. The summed E-state index contributed by atoms with van der Waals surface area (Å²) < 4.78 is 14.0. The van der Waals surface area contributed by atoms with Gasteiger partial charge in [-0.05, 0) is 45.3 Å². The summed E-state index contributed by atoms with van der Waals surface area (Å²) >= 11 is 0. The molecule has 2 N–H and O–H groups in total. The van der Waals surface area contributed by atoms with Gasteiger partial charge >= 0.3 is 7.12 Å². The molecule has 2 aromatic rings. The molecular formula is C15H21BN4O2. The minimum absolute atomic E-state index is 0.352. The minimum Gasteiger partial charge on any atom is -0.400 e. The van der Waals surface area contributed by atoms with E-state index in [1.165, 1.54) is 0 Å². The molecular weight excluding hydrogens is 279 g/mol. The van der Waals surface area contributed by atoms with Gasteiger partial charge in [-0.15, -0.1) is 0 Å². The molecule has 0 amide bonds. The van der Waals surface area contributed by atoms with E-state index in [0.29, 0.717) is 12.3 Å². The number of rotatable bonds is 3. The summed E-state index contributed by atoms with van der Waals surface area (Å²) in [7, 11) is -0.447. The second kappa shape index (κ2) is 5.19. The molecule has 0 saturated carbocycles. The van der Waals surface area contributed by atoms with E-state index < -0.39 is 7.12 Å². The number of fused-ring (bicyclic) bond motifs is 1. The Balaban J connectivity index is 1.95. The fourth-order valence-corrected chi connectivity index (χ4v) is 2.36. The number of aromatic nitrogens is 3. The fraction of sp³-hybridized carbons (Fsp3) is 0.467. The maximum absolute atomic E-state index is 6.06. The van der Waals surface area contributed by atoms with Crippen LogP contribution in [0.1, 0.15) is 33.4 Å². The van der Waals surface area contributed by atoms with Crippen molar-refractivity contribution < 1.29 is 9.31 Å². The van der Waals surface area contributed by atoms with Gasteiger partial charge in [-0.2, -0.15) is 0 Å². The van der Waals surface area contributed by atoms with Crippen molar-refractivity contribution in [1.82, 2.24) is 14.4 Å². The zero-order chi connectivity index (χ0) is 16.0. The third-order valence-corrected chi connectivity index (χ3v) is 4.44. The normalized spacial score (nSPS) is 20.8. The molecule has 1 aliphatic heterocycles. The number of nitrogens with two attached hydrogens (primary N) is 1. The zero-order valence-corrected chi connectivity index (χ0v) is 13.4. The van der Waals surface area contributed by atoms with Crippen molar-refractivity contribution in [1.29, 1.82) is 0 Å². The summed E-state index contributed by atoms with van der Waals surface area (Å²) in [5.41, 5.74) is 6.93. The molecule has 0 unspecified atom stereocenters. The van der Waals surface area contributed by atoms with Gasteiger partial charge in [0, 0.05) is 18.9 Å². The maximum Gasteiger partial charge on any atom is 0.491 e. The summed E-state index contributed by atoms with van der Waals surface area (Å²) in [5, 5.41) is 0. The van der Waals surface area contributed by atoms with Gasteiger partial charge in [0.2, 0.25) is 5.78 Å². The van der Waals surface area contributed by atoms with Crippen LogP contribution in [0.3, 0.4) is 0 Å². The molecule has 7 heteroatoms. The SMILES string of the molecule is CC1(C)OB(C(=Cc2cnc3ncccn23)CN)OC1(C)C. The maximum atomic E-state index is 6.06. The standard InChI is InChI=1S/C15H21BN4O2/c1-14(2)15(3,4)22-16(21-14)11(9-17)8-12-10-19-13-18-6-5-7-20(12)13/h5-8,10H,9,17H2,1-4H3. The first-order chi connectivity index (χ1) is 10.3. The van der Waals surface area contributed by atoms with Crippen LogP contribution in [0, 0.1) is 0 Å². The van der Waals surface area contributed by atoms with Crippen molar-refractivity contribution >= 4 is 19.0 Å². The van der Waals surface area contributed by atoms with Crippen LogP contribution in [-0.4, -0.2) is 39.2 Å². The molecule has 0 spiro atoms. The van der Waals surface area contributed by atoms with E-state index in [2.05, 4.69) is 9.97 Å². The van der Waals surface area contributed by atoms with Crippen LogP contribution in [0.25, 0.3) is 11.9 Å². The molecule has 0 atom stereocenters. The summed E-state index contributed by atoms with van der Waals surface area (Å²) in [6.45, 7) is 8.46. The Labute approximate surface area is 130 Å². The van der Waals surface area contributed by atoms with E-state index >= 15 is 0 Å². The Morgan fingerprint density at radius 3 is 2.59 bits per heavy atom. The van der Waals surface area contributed by atoms with E-state index in [9.17, 15) is 0 Å². The summed E-state index contributed by atoms with van der Waals surface area (Å²) in [4.78, 5) is 8.48. The molecule has 0 aromatic carbocycles. The van der Waals surface area contributed by atoms with E-state index in [1.807, 2.05) is 50.4 Å². The number of hydrogen-bond acceptors (Lipinski definition) is 5. The van der Waals surface area contributed by atoms with Gasteiger partial charge in [0.1, 0.15) is 0 Å². The molecule has 116 valence electrons. The molecule has 0 radical (unpaired) electrons. The highest BCUT2D eigenvalue weighted by atomic mass is 16.7. The van der Waals surface area contributed by atoms with Crippen molar-refractivity contribution in [2.75, 3.05) is 6.54 Å². The molecule has 2 aromatic heterocycles. The van der Waals surface area contributed by atoms with E-state index in [4.69, 9.17) is 15.0 Å². The largest absolute Gasteiger partial charge is 0.491 e. The van der Waals surface area contributed by atoms with Crippen LogP contribution in [0.5, 0.6) is 0 Å². The Morgan fingerprint density at radius 2 is 1.95 bits per heavy atom. The van der Waals surface area contributed by atoms with Crippen molar-refractivity contribution in [3.05, 3.63) is 35.8 Å². The smallest absolute Gasteiger partial charge is 0.400 e. The van der Waals surface area contributed by atoms with E-state index in [-0.39, 0.29) is 11.2 Å². The highest BCUT2D eigenvalue weighted by Gasteiger charge is 2.52. The number of hydrogen-bond donors (Lipinski definition) is 1. The number of nitrogens with zero attached hydrogens (tertiary/aromatic N) is 3.